The average Bonchev–Trinajstić information content (AvgIpc) is 2.99. The van der Waals surface area contributed by atoms with Gasteiger partial charge in [0.15, 0.2) is 5.16 Å². The SMILES string of the molecule is Cc1ccc2nc(SCCCc3ccc(C(F)(F)P(=O)(O)O)c(Br)c3)[nH]c2c1. The predicted molar refractivity (Wildman–Crippen MR) is 110 cm³/mol. The number of H-pyrrole nitrogens is 1. The van der Waals surface area contributed by atoms with Crippen molar-refractivity contribution in [1.82, 2.24) is 9.97 Å². The van der Waals surface area contributed by atoms with Gasteiger partial charge in [0.25, 0.3) is 0 Å². The maximum atomic E-state index is 13.9. The van der Waals surface area contributed by atoms with Crippen molar-refractivity contribution in [2.75, 3.05) is 5.75 Å². The van der Waals surface area contributed by atoms with Crippen molar-refractivity contribution in [3.05, 3.63) is 57.6 Å². The molecule has 2 aromatic carbocycles. The van der Waals surface area contributed by atoms with Crippen LogP contribution in [0.2, 0.25) is 0 Å². The molecular weight excluding hydrogens is 473 g/mol. The molecule has 0 saturated carbocycles. The number of halogens is 3. The van der Waals surface area contributed by atoms with E-state index in [-0.39, 0.29) is 4.47 Å². The van der Waals surface area contributed by atoms with Gasteiger partial charge < -0.3 is 14.8 Å². The maximum absolute atomic E-state index is 13.9. The lowest BCUT2D eigenvalue weighted by atomic mass is 10.1. The maximum Gasteiger partial charge on any atom is 0.399 e. The fourth-order valence-corrected chi connectivity index (χ4v) is 4.89. The quantitative estimate of drug-likeness (QED) is 0.228. The fraction of sp³-hybridized carbons (Fsp3) is 0.278. The van der Waals surface area contributed by atoms with Gasteiger partial charge in [-0.25, -0.2) is 4.98 Å². The summed E-state index contributed by atoms with van der Waals surface area (Å²) in [6, 6.07) is 10.0. The van der Waals surface area contributed by atoms with Gasteiger partial charge in [0.05, 0.1) is 11.0 Å². The number of alkyl halides is 2. The summed E-state index contributed by atoms with van der Waals surface area (Å²) in [6.07, 6.45) is 1.44. The summed E-state index contributed by atoms with van der Waals surface area (Å²) in [5.74, 6) is 0.789. The summed E-state index contributed by atoms with van der Waals surface area (Å²) in [5.41, 5.74) is -1.06. The normalized spacial score (nSPS) is 12.6. The summed E-state index contributed by atoms with van der Waals surface area (Å²) in [4.78, 5) is 25.5. The van der Waals surface area contributed by atoms with Crippen molar-refractivity contribution in [1.29, 1.82) is 0 Å². The van der Waals surface area contributed by atoms with Crippen LogP contribution in [0.3, 0.4) is 0 Å². The third-order valence-electron chi connectivity index (χ3n) is 4.19. The number of aromatic amines is 1. The van der Waals surface area contributed by atoms with E-state index in [4.69, 9.17) is 9.79 Å². The molecule has 0 unspecified atom stereocenters. The van der Waals surface area contributed by atoms with E-state index in [9.17, 15) is 13.3 Å². The second-order valence-corrected chi connectivity index (χ2v) is 10.0. The van der Waals surface area contributed by atoms with Gasteiger partial charge in [0.2, 0.25) is 0 Å². The first-order chi connectivity index (χ1) is 13.1. The Morgan fingerprint density at radius 1 is 1.25 bits per heavy atom. The lowest BCUT2D eigenvalue weighted by molar-refractivity contribution is 0.0557. The van der Waals surface area contributed by atoms with Crippen LogP contribution in [0.4, 0.5) is 8.78 Å². The summed E-state index contributed by atoms with van der Waals surface area (Å²) < 4.78 is 38.7. The summed E-state index contributed by atoms with van der Waals surface area (Å²) >= 11 is 4.59. The highest BCUT2D eigenvalue weighted by atomic mass is 79.9. The molecule has 0 amide bonds. The lowest BCUT2D eigenvalue weighted by Gasteiger charge is -2.19. The van der Waals surface area contributed by atoms with Gasteiger partial charge in [-0.15, -0.1) is 0 Å². The van der Waals surface area contributed by atoms with Crippen LogP contribution >= 0.6 is 35.3 Å². The number of benzene rings is 2. The van der Waals surface area contributed by atoms with Gasteiger partial charge in [-0.05, 0) is 49.1 Å². The monoisotopic (exact) mass is 490 g/mol. The smallest absolute Gasteiger partial charge is 0.333 e. The number of imidazole rings is 1. The summed E-state index contributed by atoms with van der Waals surface area (Å²) in [5, 5.41) is 0.832. The van der Waals surface area contributed by atoms with E-state index in [1.807, 2.05) is 25.1 Å². The van der Waals surface area contributed by atoms with Crippen LogP contribution in [0.5, 0.6) is 0 Å². The number of aryl methyl sites for hydroxylation is 2. The van der Waals surface area contributed by atoms with Gasteiger partial charge in [-0.2, -0.15) is 8.78 Å². The molecule has 0 saturated heterocycles. The average molecular weight is 491 g/mol. The molecule has 3 N–H and O–H groups in total. The molecule has 150 valence electrons. The third-order valence-corrected chi connectivity index (χ3v) is 6.78. The Labute approximate surface area is 173 Å². The molecule has 0 bridgehead atoms. The highest BCUT2D eigenvalue weighted by Crippen LogP contribution is 2.60. The summed E-state index contributed by atoms with van der Waals surface area (Å²) in [6.45, 7) is 2.02. The Balaban J connectivity index is 1.59. The molecule has 1 aromatic heterocycles. The zero-order valence-corrected chi connectivity index (χ0v) is 18.1. The second kappa shape index (κ2) is 8.24. The molecule has 28 heavy (non-hydrogen) atoms. The number of aromatic nitrogens is 2. The first kappa shape index (κ1) is 21.5. The van der Waals surface area contributed by atoms with Crippen LogP contribution in [-0.2, 0) is 16.6 Å². The number of rotatable bonds is 7. The van der Waals surface area contributed by atoms with Crippen LogP contribution in [0, 0.1) is 6.92 Å². The minimum absolute atomic E-state index is 0.0152. The molecule has 0 radical (unpaired) electrons. The van der Waals surface area contributed by atoms with Crippen molar-refractivity contribution >= 4 is 46.3 Å². The van der Waals surface area contributed by atoms with Gasteiger partial charge in [0, 0.05) is 15.8 Å². The van der Waals surface area contributed by atoms with E-state index in [0.29, 0.717) is 6.42 Å². The molecular formula is C18H18BrF2N2O3PS. The van der Waals surface area contributed by atoms with Crippen LogP contribution < -0.4 is 0 Å². The van der Waals surface area contributed by atoms with E-state index in [1.165, 1.54) is 12.1 Å². The van der Waals surface area contributed by atoms with E-state index in [1.54, 1.807) is 11.8 Å². The molecule has 3 rings (SSSR count). The molecule has 1 heterocycles. The first-order valence-electron chi connectivity index (χ1n) is 8.39. The molecule has 3 aromatic rings. The predicted octanol–water partition coefficient (Wildman–Crippen LogP) is 5.59. The molecule has 5 nitrogen and oxygen atoms in total. The molecule has 0 aliphatic carbocycles. The molecule has 0 spiro atoms. The second-order valence-electron chi connectivity index (χ2n) is 6.41. The number of fused-ring (bicyclic) bond motifs is 1. The van der Waals surface area contributed by atoms with Crippen molar-refractivity contribution in [3.63, 3.8) is 0 Å². The Hall–Kier alpha value is -1.25. The highest BCUT2D eigenvalue weighted by molar-refractivity contribution is 9.10. The standard InChI is InChI=1S/C18H18BrF2N2O3PS/c1-11-4-7-15-16(9-11)23-17(22-15)28-8-2-3-12-5-6-13(14(19)10-12)18(20,21)27(24,25)26/h4-7,9-10H,2-3,8H2,1H3,(H,22,23)(H2,24,25,26). The van der Waals surface area contributed by atoms with Gasteiger partial charge in [0.1, 0.15) is 0 Å². The largest absolute Gasteiger partial charge is 0.399 e. The van der Waals surface area contributed by atoms with Gasteiger partial charge >= 0.3 is 13.3 Å². The third kappa shape index (κ3) is 4.66. The van der Waals surface area contributed by atoms with Gasteiger partial charge in [-0.1, -0.05) is 45.9 Å². The number of nitrogens with one attached hydrogen (secondary N) is 1. The Morgan fingerprint density at radius 2 is 2.00 bits per heavy atom. The van der Waals surface area contributed by atoms with Crippen LogP contribution in [-0.4, -0.2) is 25.5 Å². The van der Waals surface area contributed by atoms with Crippen LogP contribution in [0.25, 0.3) is 11.0 Å². The minimum atomic E-state index is -5.59. The lowest BCUT2D eigenvalue weighted by Crippen LogP contribution is -2.14. The molecule has 10 heteroatoms. The highest BCUT2D eigenvalue weighted by Gasteiger charge is 2.51. The Bertz CT molecular complexity index is 1050. The van der Waals surface area contributed by atoms with E-state index >= 15 is 0 Å². The molecule has 0 fully saturated rings. The summed E-state index contributed by atoms with van der Waals surface area (Å²) in [7, 11) is -5.59. The van der Waals surface area contributed by atoms with E-state index < -0.39 is 18.8 Å². The molecule has 0 atom stereocenters. The zero-order chi connectivity index (χ0) is 20.5. The number of hydrogen-bond acceptors (Lipinski definition) is 3. The van der Waals surface area contributed by atoms with Gasteiger partial charge in [-0.3, -0.25) is 4.57 Å². The molecule has 0 aliphatic rings. The fourth-order valence-electron chi connectivity index (χ4n) is 2.73. The van der Waals surface area contributed by atoms with Crippen molar-refractivity contribution in [2.45, 2.75) is 30.6 Å². The topological polar surface area (TPSA) is 86.2 Å². The van der Waals surface area contributed by atoms with Crippen molar-refractivity contribution in [2.24, 2.45) is 0 Å². The van der Waals surface area contributed by atoms with Crippen LogP contribution in [0.1, 0.15) is 23.1 Å². The van der Waals surface area contributed by atoms with Crippen molar-refractivity contribution in [3.8, 4) is 0 Å². The van der Waals surface area contributed by atoms with Crippen molar-refractivity contribution < 1.29 is 23.1 Å². The van der Waals surface area contributed by atoms with E-state index in [0.717, 1.165) is 45.6 Å². The Kier molecular flexibility index (Phi) is 6.32. The zero-order valence-electron chi connectivity index (χ0n) is 14.8. The minimum Gasteiger partial charge on any atom is -0.333 e. The number of hydrogen-bond donors (Lipinski definition) is 3. The Morgan fingerprint density at radius 3 is 2.68 bits per heavy atom. The first-order valence-corrected chi connectivity index (χ1v) is 11.8. The number of nitrogens with zero attached hydrogens (tertiary/aromatic N) is 1. The van der Waals surface area contributed by atoms with Crippen LogP contribution in [0.15, 0.2) is 46.0 Å². The van der Waals surface area contributed by atoms with E-state index in [2.05, 4.69) is 25.9 Å². The number of thioether (sulfide) groups is 1. The molecule has 0 aliphatic heterocycles.